The van der Waals surface area contributed by atoms with Gasteiger partial charge in [-0.05, 0) is 43.3 Å². The number of aromatic nitrogens is 1. The third-order valence-electron chi connectivity index (χ3n) is 4.98. The molecule has 0 N–H and O–H groups in total. The van der Waals surface area contributed by atoms with Crippen LogP contribution in [0.2, 0.25) is 10.0 Å². The van der Waals surface area contributed by atoms with Crippen LogP contribution >= 0.6 is 23.2 Å². The molecule has 0 radical (unpaired) electrons. The fourth-order valence-corrected chi connectivity index (χ4v) is 4.12. The zero-order valence-electron chi connectivity index (χ0n) is 16.0. The molecule has 0 bridgehead atoms. The Hall–Kier alpha value is -2.22. The number of hydrogen-bond acceptors (Lipinski definition) is 5. The van der Waals surface area contributed by atoms with Crippen LogP contribution in [-0.4, -0.2) is 47.5 Å². The third kappa shape index (κ3) is 4.58. The fraction of sp³-hybridized carbons (Fsp3) is 0.333. The van der Waals surface area contributed by atoms with Crippen LogP contribution in [-0.2, 0) is 4.74 Å². The summed E-state index contributed by atoms with van der Waals surface area (Å²) in [7, 11) is 0. The second-order valence-corrected chi connectivity index (χ2v) is 8.45. The monoisotopic (exact) mass is 454 g/mol. The summed E-state index contributed by atoms with van der Waals surface area (Å²) in [6.45, 7) is 2.16. The van der Waals surface area contributed by atoms with Crippen molar-refractivity contribution >= 4 is 40.3 Å². The molecule has 4 rings (SSSR count). The normalized spacial score (nSPS) is 19.7. The molecule has 1 saturated heterocycles. The Morgan fingerprint density at radius 2 is 2.00 bits per heavy atom. The zero-order valence-corrected chi connectivity index (χ0v) is 17.5. The molecular formula is C21H18Cl2F2N2O3. The van der Waals surface area contributed by atoms with E-state index in [0.717, 1.165) is 0 Å². The van der Waals surface area contributed by atoms with Gasteiger partial charge in [0.2, 0.25) is 5.89 Å². The summed E-state index contributed by atoms with van der Waals surface area (Å²) < 4.78 is 36.6. The van der Waals surface area contributed by atoms with Crippen molar-refractivity contribution < 1.29 is 22.7 Å². The van der Waals surface area contributed by atoms with Crippen molar-refractivity contribution in [2.24, 2.45) is 0 Å². The lowest BCUT2D eigenvalue weighted by Gasteiger charge is -2.25. The molecule has 0 spiro atoms. The molecule has 0 saturated carbocycles. The minimum absolute atomic E-state index is 0.271. The van der Waals surface area contributed by atoms with Crippen molar-refractivity contribution in [2.75, 3.05) is 19.6 Å². The fourth-order valence-electron chi connectivity index (χ4n) is 3.60. The van der Waals surface area contributed by atoms with E-state index in [0.29, 0.717) is 51.1 Å². The van der Waals surface area contributed by atoms with Crippen LogP contribution in [0.15, 0.2) is 40.8 Å². The highest BCUT2D eigenvalue weighted by Gasteiger charge is 2.38. The molecule has 0 aliphatic carbocycles. The van der Waals surface area contributed by atoms with Gasteiger partial charge in [-0.25, -0.2) is 18.6 Å². The van der Waals surface area contributed by atoms with Crippen molar-refractivity contribution in [3.63, 3.8) is 0 Å². The Labute approximate surface area is 181 Å². The van der Waals surface area contributed by atoms with Crippen molar-refractivity contribution in [3.8, 4) is 11.5 Å². The lowest BCUT2D eigenvalue weighted by atomic mass is 10.1. The van der Waals surface area contributed by atoms with Crippen LogP contribution in [0.5, 0.6) is 0 Å². The number of carbonyl (C=O) groups excluding carboxylic acids is 1. The lowest BCUT2D eigenvalue weighted by Crippen LogP contribution is -2.36. The first-order chi connectivity index (χ1) is 14.2. The summed E-state index contributed by atoms with van der Waals surface area (Å²) in [6, 6.07) is 9.77. The molecular weight excluding hydrogens is 437 g/mol. The van der Waals surface area contributed by atoms with E-state index in [2.05, 4.69) is 4.98 Å². The number of oxazole rings is 1. The Morgan fingerprint density at radius 3 is 2.70 bits per heavy atom. The molecule has 158 valence electrons. The van der Waals surface area contributed by atoms with Gasteiger partial charge in [-0.3, -0.25) is 4.90 Å². The second-order valence-electron chi connectivity index (χ2n) is 7.58. The highest BCUT2D eigenvalue weighted by Crippen LogP contribution is 2.31. The number of rotatable bonds is 5. The number of ether oxygens (including phenoxy) is 1. The summed E-state index contributed by atoms with van der Waals surface area (Å²) in [6.07, 6.45) is -1.92. The standard InChI is InChI=1S/C21H18Cl2F2N2O3/c1-21(4-5-27(11-21)10-18(24)25)30-20(28)12-2-3-16-17(8-12)29-19(26-16)13-6-14(22)9-15(23)7-13/h2-3,6-9,18H,4-5,10-11H2,1H3. The van der Waals surface area contributed by atoms with Crippen LogP contribution in [0.25, 0.3) is 22.6 Å². The highest BCUT2D eigenvalue weighted by atomic mass is 35.5. The van der Waals surface area contributed by atoms with E-state index in [9.17, 15) is 13.6 Å². The van der Waals surface area contributed by atoms with Crippen LogP contribution < -0.4 is 0 Å². The topological polar surface area (TPSA) is 55.6 Å². The average Bonchev–Trinajstić information content (AvgIpc) is 3.23. The Morgan fingerprint density at radius 1 is 1.27 bits per heavy atom. The number of alkyl halides is 2. The first kappa shape index (κ1) is 21.0. The van der Waals surface area contributed by atoms with Crippen molar-refractivity contribution in [3.05, 3.63) is 52.0 Å². The first-order valence-corrected chi connectivity index (χ1v) is 10.1. The van der Waals surface area contributed by atoms with E-state index < -0.39 is 18.0 Å². The molecule has 2 heterocycles. The quantitative estimate of drug-likeness (QED) is 0.463. The smallest absolute Gasteiger partial charge is 0.338 e. The Balaban J connectivity index is 1.53. The molecule has 1 atom stereocenters. The Bertz CT molecular complexity index is 1080. The predicted octanol–water partition coefficient (Wildman–Crippen LogP) is 5.69. The van der Waals surface area contributed by atoms with Gasteiger partial charge in [-0.2, -0.15) is 0 Å². The van der Waals surface area contributed by atoms with Crippen LogP contribution in [0.3, 0.4) is 0 Å². The van der Waals surface area contributed by atoms with Gasteiger partial charge < -0.3 is 9.15 Å². The molecule has 0 amide bonds. The molecule has 1 unspecified atom stereocenters. The number of hydrogen-bond donors (Lipinski definition) is 0. The molecule has 5 nitrogen and oxygen atoms in total. The van der Waals surface area contributed by atoms with Gasteiger partial charge in [0.05, 0.1) is 12.1 Å². The van der Waals surface area contributed by atoms with E-state index in [1.54, 1.807) is 48.2 Å². The molecule has 2 aromatic carbocycles. The van der Waals surface area contributed by atoms with Gasteiger partial charge in [-0.1, -0.05) is 23.2 Å². The number of fused-ring (bicyclic) bond motifs is 1. The van der Waals surface area contributed by atoms with Crippen LogP contribution in [0.1, 0.15) is 23.7 Å². The summed E-state index contributed by atoms with van der Waals surface area (Å²) >= 11 is 12.1. The van der Waals surface area contributed by atoms with Crippen molar-refractivity contribution in [2.45, 2.75) is 25.4 Å². The molecule has 1 aromatic heterocycles. The maximum atomic E-state index is 12.7. The van der Waals surface area contributed by atoms with E-state index in [-0.39, 0.29) is 13.1 Å². The van der Waals surface area contributed by atoms with Gasteiger partial charge in [0.25, 0.3) is 6.43 Å². The second kappa shape index (κ2) is 8.13. The highest BCUT2D eigenvalue weighted by molar-refractivity contribution is 6.35. The molecule has 1 aliphatic rings. The van der Waals surface area contributed by atoms with Gasteiger partial charge in [0, 0.05) is 35.1 Å². The SMILES string of the molecule is CC1(OC(=O)c2ccc3nc(-c4cc(Cl)cc(Cl)c4)oc3c2)CCN(CC(F)F)C1. The maximum Gasteiger partial charge on any atom is 0.338 e. The average molecular weight is 455 g/mol. The third-order valence-corrected chi connectivity index (χ3v) is 5.42. The lowest BCUT2D eigenvalue weighted by molar-refractivity contribution is -0.00697. The van der Waals surface area contributed by atoms with E-state index >= 15 is 0 Å². The number of nitrogens with zero attached hydrogens (tertiary/aromatic N) is 2. The van der Waals surface area contributed by atoms with Gasteiger partial charge in [0.15, 0.2) is 5.58 Å². The number of carbonyl (C=O) groups is 1. The molecule has 3 aromatic rings. The molecule has 1 fully saturated rings. The predicted molar refractivity (Wildman–Crippen MR) is 110 cm³/mol. The van der Waals surface area contributed by atoms with Gasteiger partial charge >= 0.3 is 5.97 Å². The summed E-state index contributed by atoms with van der Waals surface area (Å²) in [5.41, 5.74) is 1.07. The first-order valence-electron chi connectivity index (χ1n) is 9.32. The van der Waals surface area contributed by atoms with Crippen molar-refractivity contribution in [1.29, 1.82) is 0 Å². The number of benzene rings is 2. The zero-order chi connectivity index (χ0) is 21.5. The largest absolute Gasteiger partial charge is 0.454 e. The number of esters is 1. The van der Waals surface area contributed by atoms with Gasteiger partial charge in [0.1, 0.15) is 11.1 Å². The van der Waals surface area contributed by atoms with E-state index in [1.807, 2.05) is 0 Å². The molecule has 1 aliphatic heterocycles. The molecule has 30 heavy (non-hydrogen) atoms. The minimum atomic E-state index is -2.42. The number of halogens is 4. The van der Waals surface area contributed by atoms with Crippen LogP contribution in [0, 0.1) is 0 Å². The summed E-state index contributed by atoms with van der Waals surface area (Å²) in [4.78, 5) is 18.7. The summed E-state index contributed by atoms with van der Waals surface area (Å²) in [5.74, 6) is -0.215. The maximum absolute atomic E-state index is 12.7. The van der Waals surface area contributed by atoms with Crippen molar-refractivity contribution in [1.82, 2.24) is 9.88 Å². The summed E-state index contributed by atoms with van der Waals surface area (Å²) in [5, 5.41) is 0.907. The van der Waals surface area contributed by atoms with E-state index in [4.69, 9.17) is 32.4 Å². The van der Waals surface area contributed by atoms with Gasteiger partial charge in [-0.15, -0.1) is 0 Å². The molecule has 9 heteroatoms. The Kier molecular flexibility index (Phi) is 5.70. The minimum Gasteiger partial charge on any atom is -0.454 e. The van der Waals surface area contributed by atoms with Crippen LogP contribution in [0.4, 0.5) is 8.78 Å². The number of likely N-dealkylation sites (tertiary alicyclic amines) is 1. The van der Waals surface area contributed by atoms with E-state index in [1.165, 1.54) is 0 Å².